The number of rotatable bonds is 2. The molecule has 24 heavy (non-hydrogen) atoms. The molecule has 1 heterocycles. The number of nitrogens with zero attached hydrogens (tertiary/aromatic N) is 1. The molecule has 1 N–H and O–H groups in total. The van der Waals surface area contributed by atoms with Crippen LogP contribution in [0, 0.1) is 11.8 Å². The molecule has 4 aliphatic carbocycles. The van der Waals surface area contributed by atoms with E-state index in [1.807, 2.05) is 0 Å². The normalized spacial score (nSPS) is 25.6. The zero-order valence-electron chi connectivity index (χ0n) is 13.8. The Bertz CT molecular complexity index is 797. The molecule has 0 bridgehead atoms. The first-order valence-corrected chi connectivity index (χ1v) is 9.07. The zero-order chi connectivity index (χ0) is 16.1. The zero-order valence-corrected chi connectivity index (χ0v) is 13.8. The molecular formula is C21H22N2O. The Morgan fingerprint density at radius 1 is 1.00 bits per heavy atom. The summed E-state index contributed by atoms with van der Waals surface area (Å²) in [5.41, 5.74) is 8.89. The summed E-state index contributed by atoms with van der Waals surface area (Å²) < 4.78 is 0. The smallest absolute Gasteiger partial charge is 0.265 e. The Kier molecular flexibility index (Phi) is 3.23. The highest BCUT2D eigenvalue weighted by Gasteiger charge is 2.37. The molecule has 1 aliphatic heterocycles. The van der Waals surface area contributed by atoms with Crippen LogP contribution in [0.2, 0.25) is 0 Å². The van der Waals surface area contributed by atoms with Gasteiger partial charge in [-0.05, 0) is 53.4 Å². The maximum atomic E-state index is 12.8. The standard InChI is InChI=1S/C21H22N2O/c24-21(22-23-12-15-6-1-7-16(15)13-23)20-11-10-19-17-8-2-4-14(17)5-3-9-18(19)20/h2-5,8-9,11,15-16H,1,6-7,10,12-13H2,(H,22,24). The van der Waals surface area contributed by atoms with E-state index in [0.717, 1.165) is 42.5 Å². The molecule has 0 radical (unpaired) electrons. The number of amides is 1. The number of allylic oxidation sites excluding steroid dienone is 1. The van der Waals surface area contributed by atoms with Crippen LogP contribution in [0.4, 0.5) is 0 Å². The Morgan fingerprint density at radius 3 is 2.46 bits per heavy atom. The lowest BCUT2D eigenvalue weighted by molar-refractivity contribution is -0.119. The van der Waals surface area contributed by atoms with E-state index in [1.165, 1.54) is 36.0 Å². The number of fused-ring (bicyclic) bond motifs is 4. The van der Waals surface area contributed by atoms with E-state index in [0.29, 0.717) is 0 Å². The van der Waals surface area contributed by atoms with Crippen LogP contribution in [0.5, 0.6) is 0 Å². The van der Waals surface area contributed by atoms with Crippen LogP contribution in [0.25, 0.3) is 16.7 Å². The lowest BCUT2D eigenvalue weighted by Gasteiger charge is -2.18. The van der Waals surface area contributed by atoms with E-state index in [2.05, 4.69) is 52.9 Å². The Morgan fingerprint density at radius 2 is 1.71 bits per heavy atom. The second kappa shape index (κ2) is 5.45. The number of hydrazine groups is 1. The molecule has 0 aromatic carbocycles. The molecule has 0 aromatic rings. The molecule has 1 saturated heterocycles. The van der Waals surface area contributed by atoms with Crippen molar-refractivity contribution in [1.29, 1.82) is 0 Å². The van der Waals surface area contributed by atoms with Gasteiger partial charge < -0.3 is 0 Å². The van der Waals surface area contributed by atoms with Crippen LogP contribution in [0.3, 0.4) is 0 Å². The molecule has 122 valence electrons. The van der Waals surface area contributed by atoms with Gasteiger partial charge in [0.1, 0.15) is 0 Å². The fourth-order valence-electron chi connectivity index (χ4n) is 4.88. The molecular weight excluding hydrogens is 296 g/mol. The maximum Gasteiger partial charge on any atom is 0.265 e. The Labute approximate surface area is 142 Å². The summed E-state index contributed by atoms with van der Waals surface area (Å²) in [6.07, 6.45) is 6.95. The molecule has 1 amide bonds. The summed E-state index contributed by atoms with van der Waals surface area (Å²) in [5.74, 6) is 1.63. The van der Waals surface area contributed by atoms with E-state index < -0.39 is 0 Å². The summed E-state index contributed by atoms with van der Waals surface area (Å²) in [4.78, 5) is 12.8. The van der Waals surface area contributed by atoms with Crippen molar-refractivity contribution < 1.29 is 4.79 Å². The third kappa shape index (κ3) is 2.19. The number of nitrogens with one attached hydrogen (secondary N) is 1. The van der Waals surface area contributed by atoms with Crippen molar-refractivity contribution in [2.24, 2.45) is 11.8 Å². The largest absolute Gasteiger partial charge is 0.285 e. The first-order valence-electron chi connectivity index (χ1n) is 9.07. The van der Waals surface area contributed by atoms with Crippen molar-refractivity contribution in [1.82, 2.24) is 10.4 Å². The molecule has 1 saturated carbocycles. The summed E-state index contributed by atoms with van der Waals surface area (Å²) in [6.45, 7) is 2.04. The topological polar surface area (TPSA) is 32.3 Å². The van der Waals surface area contributed by atoms with Gasteiger partial charge >= 0.3 is 0 Å². The fraction of sp³-hybridized carbons (Fsp3) is 0.381. The van der Waals surface area contributed by atoms with Crippen LogP contribution in [-0.4, -0.2) is 24.0 Å². The molecule has 3 nitrogen and oxygen atoms in total. The van der Waals surface area contributed by atoms with E-state index >= 15 is 0 Å². The third-order valence-electron chi connectivity index (χ3n) is 6.07. The highest BCUT2D eigenvalue weighted by molar-refractivity contribution is 6.21. The van der Waals surface area contributed by atoms with Crippen molar-refractivity contribution in [3.05, 3.63) is 53.6 Å². The maximum absolute atomic E-state index is 12.8. The van der Waals surface area contributed by atoms with Crippen LogP contribution < -0.4 is 5.43 Å². The van der Waals surface area contributed by atoms with Crippen molar-refractivity contribution in [3.8, 4) is 11.1 Å². The number of hydrogen-bond donors (Lipinski definition) is 1. The van der Waals surface area contributed by atoms with Gasteiger partial charge in [-0.2, -0.15) is 0 Å². The molecule has 0 spiro atoms. The first-order chi connectivity index (χ1) is 11.8. The second-order valence-electron chi connectivity index (χ2n) is 7.43. The van der Waals surface area contributed by atoms with E-state index in [9.17, 15) is 4.79 Å². The molecule has 2 fully saturated rings. The van der Waals surface area contributed by atoms with Crippen LogP contribution in [0.1, 0.15) is 30.4 Å². The van der Waals surface area contributed by atoms with Crippen molar-refractivity contribution >= 4 is 11.5 Å². The molecule has 2 atom stereocenters. The second-order valence-corrected chi connectivity index (χ2v) is 7.43. The van der Waals surface area contributed by atoms with Gasteiger partial charge in [-0.25, -0.2) is 5.01 Å². The van der Waals surface area contributed by atoms with Gasteiger partial charge in [0.25, 0.3) is 5.91 Å². The minimum Gasteiger partial charge on any atom is -0.285 e. The fourth-order valence-corrected chi connectivity index (χ4v) is 4.88. The highest BCUT2D eigenvalue weighted by atomic mass is 16.2. The highest BCUT2D eigenvalue weighted by Crippen LogP contribution is 2.38. The van der Waals surface area contributed by atoms with Gasteiger partial charge in [-0.15, -0.1) is 0 Å². The van der Waals surface area contributed by atoms with Gasteiger partial charge in [0.2, 0.25) is 0 Å². The van der Waals surface area contributed by atoms with Crippen molar-refractivity contribution in [3.63, 3.8) is 0 Å². The van der Waals surface area contributed by atoms with Gasteiger partial charge in [-0.1, -0.05) is 48.9 Å². The van der Waals surface area contributed by atoms with E-state index in [1.54, 1.807) is 0 Å². The molecule has 5 aliphatic rings. The molecule has 3 heteroatoms. The van der Waals surface area contributed by atoms with E-state index in [4.69, 9.17) is 0 Å². The molecule has 0 aromatic heterocycles. The van der Waals surface area contributed by atoms with Crippen LogP contribution in [0.15, 0.2) is 42.5 Å². The SMILES string of the molecule is O=C(NN1CC2CCCC2C1)C1=CCc2c1cccc1cccc2-1. The average Bonchev–Trinajstić information content (AvgIpc) is 3.29. The minimum atomic E-state index is 0.0552. The number of hydrogen-bond acceptors (Lipinski definition) is 2. The quantitative estimate of drug-likeness (QED) is 0.919. The van der Waals surface area contributed by atoms with Crippen LogP contribution >= 0.6 is 0 Å². The Balaban J connectivity index is 1.38. The average molecular weight is 318 g/mol. The predicted molar refractivity (Wildman–Crippen MR) is 95.3 cm³/mol. The third-order valence-corrected chi connectivity index (χ3v) is 6.07. The van der Waals surface area contributed by atoms with E-state index in [-0.39, 0.29) is 5.91 Å². The predicted octanol–water partition coefficient (Wildman–Crippen LogP) is 3.49. The molecule has 5 rings (SSSR count). The summed E-state index contributed by atoms with van der Waals surface area (Å²) >= 11 is 0. The molecule has 2 unspecified atom stereocenters. The van der Waals surface area contributed by atoms with Gasteiger partial charge in [0, 0.05) is 18.7 Å². The summed E-state index contributed by atoms with van der Waals surface area (Å²) in [5, 5.41) is 2.15. The summed E-state index contributed by atoms with van der Waals surface area (Å²) in [6, 6.07) is 12.7. The van der Waals surface area contributed by atoms with Crippen molar-refractivity contribution in [2.75, 3.05) is 13.1 Å². The minimum absolute atomic E-state index is 0.0552. The van der Waals surface area contributed by atoms with Gasteiger partial charge in [0.05, 0.1) is 0 Å². The first kappa shape index (κ1) is 14.2. The number of carbonyl (C=O) groups is 1. The van der Waals surface area contributed by atoms with Crippen molar-refractivity contribution in [2.45, 2.75) is 25.7 Å². The number of carbonyl (C=O) groups excluding carboxylic acids is 1. The van der Waals surface area contributed by atoms with Gasteiger partial charge in [-0.3, -0.25) is 10.2 Å². The summed E-state index contributed by atoms with van der Waals surface area (Å²) in [7, 11) is 0. The lowest BCUT2D eigenvalue weighted by atomic mass is 10.0. The Hall–Kier alpha value is -2.13. The monoisotopic (exact) mass is 318 g/mol. The van der Waals surface area contributed by atoms with Gasteiger partial charge in [0.15, 0.2) is 0 Å². The lowest BCUT2D eigenvalue weighted by Crippen LogP contribution is -2.41. The van der Waals surface area contributed by atoms with Crippen LogP contribution in [-0.2, 0) is 11.2 Å².